The minimum absolute atomic E-state index is 0.0684. The molecule has 0 bridgehead atoms. The maximum absolute atomic E-state index is 13.2. The van der Waals surface area contributed by atoms with Crippen LogP contribution in [0.2, 0.25) is 0 Å². The predicted octanol–water partition coefficient (Wildman–Crippen LogP) is 1.96. The molecular formula is C14H16FNO3. The first kappa shape index (κ1) is 13.5. The third-order valence-corrected chi connectivity index (χ3v) is 3.52. The summed E-state index contributed by atoms with van der Waals surface area (Å²) in [5.41, 5.74) is 1.62. The highest BCUT2D eigenvalue weighted by molar-refractivity contribution is 5.80. The van der Waals surface area contributed by atoms with E-state index in [2.05, 4.69) is 0 Å². The summed E-state index contributed by atoms with van der Waals surface area (Å²) in [4.78, 5) is 24.3. The van der Waals surface area contributed by atoms with Gasteiger partial charge in [-0.05, 0) is 36.6 Å². The number of amides is 1. The first-order chi connectivity index (χ1) is 8.97. The summed E-state index contributed by atoms with van der Waals surface area (Å²) >= 11 is 0. The zero-order valence-electron chi connectivity index (χ0n) is 10.7. The van der Waals surface area contributed by atoms with Crippen LogP contribution in [-0.2, 0) is 16.1 Å². The molecule has 1 N–H and O–H groups in total. The molecule has 1 fully saturated rings. The summed E-state index contributed by atoms with van der Waals surface area (Å²) in [6, 6.07) is 4.43. The molecule has 1 amide bonds. The van der Waals surface area contributed by atoms with Crippen molar-refractivity contribution in [1.29, 1.82) is 0 Å². The first-order valence-electron chi connectivity index (χ1n) is 6.23. The van der Waals surface area contributed by atoms with Gasteiger partial charge in [0.2, 0.25) is 5.91 Å². The van der Waals surface area contributed by atoms with Crippen molar-refractivity contribution in [3.8, 4) is 0 Å². The van der Waals surface area contributed by atoms with Crippen LogP contribution in [-0.4, -0.2) is 28.4 Å². The molecule has 4 nitrogen and oxygen atoms in total. The summed E-state index contributed by atoms with van der Waals surface area (Å²) < 4.78 is 13.2. The lowest BCUT2D eigenvalue weighted by molar-refractivity contribution is -0.147. The van der Waals surface area contributed by atoms with E-state index in [4.69, 9.17) is 5.11 Å². The van der Waals surface area contributed by atoms with Gasteiger partial charge in [0.15, 0.2) is 0 Å². The van der Waals surface area contributed by atoms with Crippen molar-refractivity contribution >= 4 is 11.9 Å². The van der Waals surface area contributed by atoms with E-state index >= 15 is 0 Å². The third kappa shape index (κ3) is 3.10. The number of rotatable bonds is 3. The predicted molar refractivity (Wildman–Crippen MR) is 66.9 cm³/mol. The molecule has 1 aromatic carbocycles. The zero-order chi connectivity index (χ0) is 14.0. The van der Waals surface area contributed by atoms with Gasteiger partial charge in [0.1, 0.15) is 5.82 Å². The van der Waals surface area contributed by atoms with E-state index in [1.807, 2.05) is 6.92 Å². The fraction of sp³-hybridized carbons (Fsp3) is 0.429. The molecule has 0 spiro atoms. The van der Waals surface area contributed by atoms with Gasteiger partial charge in [-0.15, -0.1) is 0 Å². The number of carbonyl (C=O) groups is 2. The van der Waals surface area contributed by atoms with E-state index in [0.717, 1.165) is 11.1 Å². The molecule has 102 valence electrons. The van der Waals surface area contributed by atoms with Crippen LogP contribution in [0.25, 0.3) is 0 Å². The Kier molecular flexibility index (Phi) is 3.83. The molecule has 1 unspecified atom stereocenters. The summed E-state index contributed by atoms with van der Waals surface area (Å²) in [6.45, 7) is 2.31. The van der Waals surface area contributed by atoms with Crippen LogP contribution >= 0.6 is 0 Å². The first-order valence-corrected chi connectivity index (χ1v) is 6.23. The van der Waals surface area contributed by atoms with Gasteiger partial charge in [0, 0.05) is 19.5 Å². The van der Waals surface area contributed by atoms with E-state index in [1.165, 1.54) is 17.0 Å². The average Bonchev–Trinajstić information content (AvgIpc) is 2.36. The van der Waals surface area contributed by atoms with Crippen molar-refractivity contribution < 1.29 is 19.1 Å². The molecule has 1 saturated heterocycles. The molecule has 0 aromatic heterocycles. The zero-order valence-corrected chi connectivity index (χ0v) is 10.7. The Morgan fingerprint density at radius 2 is 2.26 bits per heavy atom. The lowest BCUT2D eigenvalue weighted by atomic mass is 9.97. The van der Waals surface area contributed by atoms with E-state index in [1.54, 1.807) is 6.07 Å². The Labute approximate surface area is 110 Å². The summed E-state index contributed by atoms with van der Waals surface area (Å²) in [6.07, 6.45) is 0.623. The number of piperidine rings is 1. The second-order valence-corrected chi connectivity index (χ2v) is 4.92. The molecule has 1 atom stereocenters. The van der Waals surface area contributed by atoms with Gasteiger partial charge >= 0.3 is 5.97 Å². The average molecular weight is 265 g/mol. The Morgan fingerprint density at radius 1 is 1.53 bits per heavy atom. The minimum atomic E-state index is -0.881. The molecule has 0 aliphatic carbocycles. The van der Waals surface area contributed by atoms with Crippen molar-refractivity contribution in [2.45, 2.75) is 26.3 Å². The monoisotopic (exact) mass is 265 g/mol. The minimum Gasteiger partial charge on any atom is -0.481 e. The molecule has 5 heteroatoms. The highest BCUT2D eigenvalue weighted by Gasteiger charge is 2.30. The maximum atomic E-state index is 13.2. The molecule has 2 rings (SSSR count). The lowest BCUT2D eigenvalue weighted by Gasteiger charge is -2.31. The number of benzene rings is 1. The lowest BCUT2D eigenvalue weighted by Crippen LogP contribution is -2.42. The highest BCUT2D eigenvalue weighted by atomic mass is 19.1. The molecule has 0 radical (unpaired) electrons. The fourth-order valence-electron chi connectivity index (χ4n) is 2.29. The highest BCUT2D eigenvalue weighted by Crippen LogP contribution is 2.21. The van der Waals surface area contributed by atoms with Crippen LogP contribution in [0.4, 0.5) is 4.39 Å². The van der Waals surface area contributed by atoms with Gasteiger partial charge in [-0.2, -0.15) is 0 Å². The summed E-state index contributed by atoms with van der Waals surface area (Å²) in [7, 11) is 0. The Balaban J connectivity index is 2.14. The van der Waals surface area contributed by atoms with Crippen LogP contribution in [0.3, 0.4) is 0 Å². The third-order valence-electron chi connectivity index (χ3n) is 3.52. The molecule has 19 heavy (non-hydrogen) atoms. The van der Waals surface area contributed by atoms with Gasteiger partial charge in [0.25, 0.3) is 0 Å². The molecule has 0 saturated carbocycles. The van der Waals surface area contributed by atoms with Crippen molar-refractivity contribution in [2.24, 2.45) is 5.92 Å². The maximum Gasteiger partial charge on any atom is 0.308 e. The van der Waals surface area contributed by atoms with Crippen LogP contribution in [0, 0.1) is 18.7 Å². The summed E-state index contributed by atoms with van der Waals surface area (Å²) in [5.74, 6) is -1.82. The van der Waals surface area contributed by atoms with Crippen molar-refractivity contribution in [3.63, 3.8) is 0 Å². The Morgan fingerprint density at radius 3 is 2.95 bits per heavy atom. The molecule has 1 aromatic rings. The number of aliphatic carboxylic acids is 1. The van der Waals surface area contributed by atoms with Crippen LogP contribution in [0.15, 0.2) is 18.2 Å². The number of nitrogens with zero attached hydrogens (tertiary/aromatic N) is 1. The Bertz CT molecular complexity index is 515. The number of hydrogen-bond acceptors (Lipinski definition) is 2. The van der Waals surface area contributed by atoms with E-state index in [9.17, 15) is 14.0 Å². The molecule has 1 heterocycles. The normalized spacial score (nSPS) is 19.6. The largest absolute Gasteiger partial charge is 0.481 e. The van der Waals surface area contributed by atoms with Gasteiger partial charge in [-0.1, -0.05) is 6.07 Å². The summed E-state index contributed by atoms with van der Waals surface area (Å²) in [5, 5.41) is 9.01. The number of aryl methyl sites for hydroxylation is 1. The number of carbonyl (C=O) groups excluding carboxylic acids is 1. The fourth-order valence-corrected chi connectivity index (χ4v) is 2.29. The SMILES string of the molecule is Cc1ccc(F)cc1CN1CC(C(=O)O)CCC1=O. The van der Waals surface area contributed by atoms with E-state index in [0.29, 0.717) is 6.42 Å². The van der Waals surface area contributed by atoms with E-state index < -0.39 is 11.9 Å². The number of likely N-dealkylation sites (tertiary alicyclic amines) is 1. The number of hydrogen-bond donors (Lipinski definition) is 1. The van der Waals surface area contributed by atoms with E-state index in [-0.39, 0.29) is 31.2 Å². The Hall–Kier alpha value is -1.91. The van der Waals surface area contributed by atoms with Gasteiger partial charge in [-0.3, -0.25) is 9.59 Å². The number of halogens is 1. The quantitative estimate of drug-likeness (QED) is 0.908. The van der Waals surface area contributed by atoms with Crippen molar-refractivity contribution in [3.05, 3.63) is 35.1 Å². The van der Waals surface area contributed by atoms with Gasteiger partial charge in [0.05, 0.1) is 5.92 Å². The van der Waals surface area contributed by atoms with Crippen molar-refractivity contribution in [2.75, 3.05) is 6.54 Å². The standard InChI is InChI=1S/C14H16FNO3/c1-9-2-4-12(15)6-11(9)8-16-7-10(14(18)19)3-5-13(16)17/h2,4,6,10H,3,5,7-8H2,1H3,(H,18,19). The van der Waals surface area contributed by atoms with Gasteiger partial charge < -0.3 is 10.0 Å². The van der Waals surface area contributed by atoms with Gasteiger partial charge in [-0.25, -0.2) is 4.39 Å². The second kappa shape index (κ2) is 5.38. The second-order valence-electron chi connectivity index (χ2n) is 4.92. The van der Waals surface area contributed by atoms with Crippen LogP contribution < -0.4 is 0 Å². The number of carboxylic acids is 1. The van der Waals surface area contributed by atoms with Crippen molar-refractivity contribution in [1.82, 2.24) is 4.90 Å². The van der Waals surface area contributed by atoms with Crippen LogP contribution in [0.1, 0.15) is 24.0 Å². The van der Waals surface area contributed by atoms with Crippen LogP contribution in [0.5, 0.6) is 0 Å². The molecule has 1 aliphatic heterocycles. The topological polar surface area (TPSA) is 57.6 Å². The number of carboxylic acid groups (broad SMARTS) is 1. The molecular weight excluding hydrogens is 249 g/mol. The molecule has 1 aliphatic rings. The smallest absolute Gasteiger partial charge is 0.308 e.